The number of anilines is 1. The lowest BCUT2D eigenvalue weighted by molar-refractivity contribution is 0.219. The van der Waals surface area contributed by atoms with E-state index in [1.807, 2.05) is 0 Å². The molecule has 0 aliphatic carbocycles. The summed E-state index contributed by atoms with van der Waals surface area (Å²) in [4.78, 5) is 8.45. The number of piperidine rings is 1. The van der Waals surface area contributed by atoms with E-state index in [1.165, 1.54) is 49.5 Å². The summed E-state index contributed by atoms with van der Waals surface area (Å²) in [5.74, 6) is 0. The van der Waals surface area contributed by atoms with Gasteiger partial charge in [0.25, 0.3) is 0 Å². The molecule has 1 N–H and O–H groups in total. The van der Waals surface area contributed by atoms with Crippen LogP contribution in [-0.2, 0) is 0 Å². The molecule has 0 unspecified atom stereocenters. The maximum atomic E-state index is 4.55. The summed E-state index contributed by atoms with van der Waals surface area (Å²) in [7, 11) is 0. The third-order valence-electron chi connectivity index (χ3n) is 3.48. The molecule has 1 aromatic rings. The molecule has 1 aliphatic rings. The van der Waals surface area contributed by atoms with Gasteiger partial charge < -0.3 is 10.2 Å². The third kappa shape index (κ3) is 3.42. The van der Waals surface area contributed by atoms with Crippen LogP contribution in [0.25, 0.3) is 0 Å². The van der Waals surface area contributed by atoms with Crippen molar-refractivity contribution in [3.8, 4) is 0 Å². The number of thiazole rings is 1. The van der Waals surface area contributed by atoms with Crippen molar-refractivity contribution >= 4 is 16.5 Å². The van der Waals surface area contributed by atoms with Gasteiger partial charge in [-0.25, -0.2) is 4.98 Å². The number of nitrogens with zero attached hydrogens (tertiary/aromatic N) is 2. The molecule has 0 atom stereocenters. The molecular formula is C13H23N3S. The van der Waals surface area contributed by atoms with Crippen LogP contribution in [0.2, 0.25) is 0 Å². The van der Waals surface area contributed by atoms with Gasteiger partial charge in [-0.05, 0) is 39.7 Å². The summed E-state index contributed by atoms with van der Waals surface area (Å²) in [5.41, 5.74) is 1.17. The number of aromatic nitrogens is 1. The maximum absolute atomic E-state index is 4.55. The predicted molar refractivity (Wildman–Crippen MR) is 75.0 cm³/mol. The van der Waals surface area contributed by atoms with Gasteiger partial charge in [-0.15, -0.1) is 11.3 Å². The normalized spacial score (nSPS) is 18.5. The topological polar surface area (TPSA) is 28.2 Å². The number of hydrogen-bond acceptors (Lipinski definition) is 4. The van der Waals surface area contributed by atoms with Crippen molar-refractivity contribution in [2.24, 2.45) is 0 Å². The van der Waals surface area contributed by atoms with E-state index in [0.717, 1.165) is 5.13 Å². The molecule has 0 spiro atoms. The molecule has 0 aromatic carbocycles. The predicted octanol–water partition coefficient (Wildman–Crippen LogP) is 3.05. The van der Waals surface area contributed by atoms with Gasteiger partial charge in [-0.2, -0.15) is 0 Å². The number of hydrogen-bond donors (Lipinski definition) is 1. The second kappa shape index (κ2) is 5.83. The van der Waals surface area contributed by atoms with E-state index in [4.69, 9.17) is 0 Å². The Hall–Kier alpha value is -0.610. The highest BCUT2D eigenvalue weighted by molar-refractivity contribution is 7.15. The number of nitrogens with one attached hydrogen (secondary N) is 1. The third-order valence-corrected chi connectivity index (χ3v) is 4.49. The molecule has 4 heteroatoms. The first-order chi connectivity index (χ1) is 8.19. The molecule has 2 rings (SSSR count). The standard InChI is InChI=1S/C13H23N3S/c1-4-7-16-8-5-12(6-9-16)15-13-14-10(2)11(3)17-13/h12H,4-9H2,1-3H3,(H,14,15). The quantitative estimate of drug-likeness (QED) is 0.894. The van der Waals surface area contributed by atoms with E-state index in [-0.39, 0.29) is 0 Å². The molecule has 0 amide bonds. The number of likely N-dealkylation sites (tertiary alicyclic amines) is 1. The Morgan fingerprint density at radius 3 is 2.59 bits per heavy atom. The van der Waals surface area contributed by atoms with Gasteiger partial charge in [0, 0.05) is 24.0 Å². The van der Waals surface area contributed by atoms with Crippen molar-refractivity contribution in [2.45, 2.75) is 46.1 Å². The lowest BCUT2D eigenvalue weighted by Crippen LogP contribution is -2.39. The highest BCUT2D eigenvalue weighted by Gasteiger charge is 2.19. The highest BCUT2D eigenvalue weighted by Crippen LogP contribution is 2.24. The lowest BCUT2D eigenvalue weighted by atomic mass is 10.1. The smallest absolute Gasteiger partial charge is 0.183 e. The Morgan fingerprint density at radius 1 is 1.35 bits per heavy atom. The van der Waals surface area contributed by atoms with Crippen LogP contribution in [0.4, 0.5) is 5.13 Å². The minimum atomic E-state index is 0.619. The minimum absolute atomic E-state index is 0.619. The molecule has 2 heterocycles. The number of rotatable bonds is 4. The molecule has 0 radical (unpaired) electrons. The summed E-state index contributed by atoms with van der Waals surface area (Å²) in [6.07, 6.45) is 3.76. The Labute approximate surface area is 108 Å². The van der Waals surface area contributed by atoms with Crippen LogP contribution in [0.3, 0.4) is 0 Å². The number of aryl methyl sites for hydroxylation is 2. The van der Waals surface area contributed by atoms with E-state index >= 15 is 0 Å². The van der Waals surface area contributed by atoms with Crippen molar-refractivity contribution in [2.75, 3.05) is 25.0 Å². The van der Waals surface area contributed by atoms with Crippen molar-refractivity contribution in [3.63, 3.8) is 0 Å². The van der Waals surface area contributed by atoms with Gasteiger partial charge in [-0.3, -0.25) is 0 Å². The average Bonchev–Trinajstić information content (AvgIpc) is 2.61. The fraction of sp³-hybridized carbons (Fsp3) is 0.769. The van der Waals surface area contributed by atoms with Crippen LogP contribution >= 0.6 is 11.3 Å². The van der Waals surface area contributed by atoms with Crippen LogP contribution in [0.5, 0.6) is 0 Å². The Balaban J connectivity index is 1.81. The summed E-state index contributed by atoms with van der Waals surface area (Å²) in [6, 6.07) is 0.619. The van der Waals surface area contributed by atoms with Gasteiger partial charge in [0.05, 0.1) is 5.69 Å². The summed E-state index contributed by atoms with van der Waals surface area (Å²) in [5, 5.41) is 4.69. The minimum Gasteiger partial charge on any atom is -0.359 e. The molecule has 17 heavy (non-hydrogen) atoms. The monoisotopic (exact) mass is 253 g/mol. The zero-order chi connectivity index (χ0) is 12.3. The van der Waals surface area contributed by atoms with Crippen molar-refractivity contribution in [1.29, 1.82) is 0 Å². The zero-order valence-electron chi connectivity index (χ0n) is 11.1. The molecule has 1 aromatic heterocycles. The van der Waals surface area contributed by atoms with Gasteiger partial charge in [0.1, 0.15) is 0 Å². The van der Waals surface area contributed by atoms with Gasteiger partial charge in [0.15, 0.2) is 5.13 Å². The lowest BCUT2D eigenvalue weighted by Gasteiger charge is -2.31. The summed E-state index contributed by atoms with van der Waals surface area (Å²) >= 11 is 1.78. The molecule has 0 saturated carbocycles. The Bertz CT molecular complexity index is 334. The van der Waals surface area contributed by atoms with Crippen LogP contribution < -0.4 is 5.32 Å². The second-order valence-electron chi connectivity index (χ2n) is 4.92. The van der Waals surface area contributed by atoms with Crippen molar-refractivity contribution in [3.05, 3.63) is 10.6 Å². The first-order valence-electron chi connectivity index (χ1n) is 6.62. The van der Waals surface area contributed by atoms with Crippen LogP contribution in [0.1, 0.15) is 36.8 Å². The maximum Gasteiger partial charge on any atom is 0.183 e. The molecule has 1 aliphatic heterocycles. The van der Waals surface area contributed by atoms with E-state index in [9.17, 15) is 0 Å². The van der Waals surface area contributed by atoms with Crippen molar-refractivity contribution in [1.82, 2.24) is 9.88 Å². The van der Waals surface area contributed by atoms with Gasteiger partial charge in [-0.1, -0.05) is 6.92 Å². The van der Waals surface area contributed by atoms with Gasteiger partial charge in [0.2, 0.25) is 0 Å². The van der Waals surface area contributed by atoms with E-state index in [1.54, 1.807) is 11.3 Å². The average molecular weight is 253 g/mol. The first-order valence-corrected chi connectivity index (χ1v) is 7.43. The zero-order valence-corrected chi connectivity index (χ0v) is 11.9. The fourth-order valence-corrected chi connectivity index (χ4v) is 3.22. The highest BCUT2D eigenvalue weighted by atomic mass is 32.1. The summed E-state index contributed by atoms with van der Waals surface area (Å²) in [6.45, 7) is 10.2. The van der Waals surface area contributed by atoms with E-state index in [0.29, 0.717) is 6.04 Å². The Morgan fingerprint density at radius 2 is 2.06 bits per heavy atom. The van der Waals surface area contributed by atoms with E-state index < -0.39 is 0 Å². The fourth-order valence-electron chi connectivity index (χ4n) is 2.33. The Kier molecular flexibility index (Phi) is 4.40. The molecule has 1 saturated heterocycles. The molecule has 1 fully saturated rings. The van der Waals surface area contributed by atoms with Crippen LogP contribution in [-0.4, -0.2) is 35.6 Å². The first kappa shape index (κ1) is 12.8. The summed E-state index contributed by atoms with van der Waals surface area (Å²) < 4.78 is 0. The largest absolute Gasteiger partial charge is 0.359 e. The van der Waals surface area contributed by atoms with Crippen molar-refractivity contribution < 1.29 is 0 Å². The van der Waals surface area contributed by atoms with Gasteiger partial charge >= 0.3 is 0 Å². The second-order valence-corrected chi connectivity index (χ2v) is 6.12. The SMILES string of the molecule is CCCN1CCC(Nc2nc(C)c(C)s2)CC1. The molecule has 0 bridgehead atoms. The molecule has 96 valence electrons. The van der Waals surface area contributed by atoms with E-state index in [2.05, 4.69) is 36.0 Å². The molecular weight excluding hydrogens is 230 g/mol. The van der Waals surface area contributed by atoms with Crippen LogP contribution in [0.15, 0.2) is 0 Å². The van der Waals surface area contributed by atoms with Crippen LogP contribution in [0, 0.1) is 13.8 Å². The molecule has 3 nitrogen and oxygen atoms in total.